The first-order valence-electron chi connectivity index (χ1n) is 10.7. The van der Waals surface area contributed by atoms with E-state index in [1.165, 1.54) is 6.07 Å². The number of carbonyl (C=O) groups is 1. The molecule has 0 saturated carbocycles. The lowest BCUT2D eigenvalue weighted by molar-refractivity contribution is 0.0520. The third-order valence-electron chi connectivity index (χ3n) is 5.79. The number of alkyl carbamates (subject to hydrolysis) is 1. The summed E-state index contributed by atoms with van der Waals surface area (Å²) in [6, 6.07) is 3.35. The molecule has 1 amide bonds. The van der Waals surface area contributed by atoms with Crippen LogP contribution in [0.5, 0.6) is 5.75 Å². The molecule has 1 aromatic rings. The first kappa shape index (κ1) is 24.7. The second-order valence-corrected chi connectivity index (χ2v) is 15.5. The average Bonchev–Trinajstić information content (AvgIpc) is 2.98. The molecule has 1 unspecified atom stereocenters. The second-order valence-electron chi connectivity index (χ2n) is 10.7. The number of halogens is 1. The zero-order valence-electron chi connectivity index (χ0n) is 19.8. The Kier molecular flexibility index (Phi) is 7.62. The summed E-state index contributed by atoms with van der Waals surface area (Å²) in [6.45, 7) is 17.8. The largest absolute Gasteiger partial charge is 0.492 e. The van der Waals surface area contributed by atoms with Crippen LogP contribution in [0.4, 0.5) is 9.18 Å². The maximum atomic E-state index is 14.6. The molecule has 7 heteroatoms. The first-order valence-corrected chi connectivity index (χ1v) is 13.6. The van der Waals surface area contributed by atoms with Crippen molar-refractivity contribution in [3.63, 3.8) is 0 Å². The maximum Gasteiger partial charge on any atom is 0.407 e. The molecule has 30 heavy (non-hydrogen) atoms. The van der Waals surface area contributed by atoms with Crippen LogP contribution in [-0.2, 0) is 22.0 Å². The molecule has 0 aromatic heterocycles. The number of hydrogen-bond donors (Lipinski definition) is 1. The van der Waals surface area contributed by atoms with Gasteiger partial charge in [0.15, 0.2) is 8.32 Å². The third-order valence-corrected chi connectivity index (χ3v) is 10.3. The van der Waals surface area contributed by atoms with E-state index in [2.05, 4.69) is 39.2 Å². The van der Waals surface area contributed by atoms with Crippen LogP contribution < -0.4 is 10.1 Å². The molecule has 0 radical (unpaired) electrons. The molecule has 0 bridgehead atoms. The molecule has 1 aliphatic rings. The fourth-order valence-electron chi connectivity index (χ4n) is 3.13. The predicted octanol–water partition coefficient (Wildman–Crippen LogP) is 5.47. The van der Waals surface area contributed by atoms with E-state index >= 15 is 0 Å². The summed E-state index contributed by atoms with van der Waals surface area (Å²) in [6.07, 6.45) is 1.01. The van der Waals surface area contributed by atoms with E-state index in [1.54, 1.807) is 20.8 Å². The summed E-state index contributed by atoms with van der Waals surface area (Å²) in [5.74, 6) is 0.563. The van der Waals surface area contributed by atoms with Gasteiger partial charge in [-0.15, -0.1) is 0 Å². The molecule has 0 fully saturated rings. The summed E-state index contributed by atoms with van der Waals surface area (Å²) in [5.41, 5.74) is 1.23. The monoisotopic (exact) mass is 439 g/mol. The summed E-state index contributed by atoms with van der Waals surface area (Å²) in [7, 11) is -1.81. The minimum Gasteiger partial charge on any atom is -0.492 e. The number of hydrogen-bond acceptors (Lipinski definition) is 4. The van der Waals surface area contributed by atoms with Gasteiger partial charge in [0.1, 0.15) is 23.8 Å². The van der Waals surface area contributed by atoms with Crippen molar-refractivity contribution >= 4 is 14.4 Å². The van der Waals surface area contributed by atoms with Gasteiger partial charge >= 0.3 is 6.09 Å². The molecule has 1 aromatic carbocycles. The van der Waals surface area contributed by atoms with Gasteiger partial charge in [0.2, 0.25) is 0 Å². The smallest absolute Gasteiger partial charge is 0.407 e. The van der Waals surface area contributed by atoms with E-state index in [9.17, 15) is 9.18 Å². The average molecular weight is 440 g/mol. The van der Waals surface area contributed by atoms with Crippen molar-refractivity contribution in [2.24, 2.45) is 5.92 Å². The van der Waals surface area contributed by atoms with E-state index in [1.807, 2.05) is 6.07 Å². The van der Waals surface area contributed by atoms with Crippen LogP contribution in [-0.4, -0.2) is 39.8 Å². The predicted molar refractivity (Wildman–Crippen MR) is 120 cm³/mol. The standard InChI is InChI=1S/C23H38FNO4Si/c1-22(2,3)29-21(26)25-9-10-27-18-13-17-11-16(12-19(17)20(24)14-18)15-28-30(7,8)23(4,5)6/h13-14,16H,9-12,15H2,1-8H3,(H,25,26). The van der Waals surface area contributed by atoms with Gasteiger partial charge in [-0.1, -0.05) is 20.8 Å². The minimum absolute atomic E-state index is 0.165. The maximum absolute atomic E-state index is 14.6. The third kappa shape index (κ3) is 6.98. The Morgan fingerprint density at radius 1 is 1.17 bits per heavy atom. The topological polar surface area (TPSA) is 56.8 Å². The molecule has 1 aliphatic carbocycles. The molecule has 5 nitrogen and oxygen atoms in total. The minimum atomic E-state index is -1.81. The highest BCUT2D eigenvalue weighted by atomic mass is 28.4. The molecule has 0 saturated heterocycles. The molecule has 0 heterocycles. The van der Waals surface area contributed by atoms with Crippen LogP contribution in [0.25, 0.3) is 0 Å². The van der Waals surface area contributed by atoms with Crippen molar-refractivity contribution in [1.29, 1.82) is 0 Å². The molecular weight excluding hydrogens is 401 g/mol. The van der Waals surface area contributed by atoms with Gasteiger partial charge in [0.05, 0.1) is 6.54 Å². The highest BCUT2D eigenvalue weighted by molar-refractivity contribution is 6.74. The highest BCUT2D eigenvalue weighted by Crippen LogP contribution is 2.38. The molecule has 0 aliphatic heterocycles. The lowest BCUT2D eigenvalue weighted by Crippen LogP contribution is -2.42. The Bertz CT molecular complexity index is 753. The van der Waals surface area contributed by atoms with Crippen LogP contribution in [0.2, 0.25) is 18.1 Å². The van der Waals surface area contributed by atoms with Gasteiger partial charge in [0, 0.05) is 12.7 Å². The van der Waals surface area contributed by atoms with Crippen molar-refractivity contribution < 1.29 is 23.1 Å². The fraction of sp³-hybridized carbons (Fsp3) is 0.696. The Balaban J connectivity index is 1.86. The molecule has 0 spiro atoms. The number of fused-ring (bicyclic) bond motifs is 1. The summed E-state index contributed by atoms with van der Waals surface area (Å²) in [4.78, 5) is 11.6. The zero-order valence-corrected chi connectivity index (χ0v) is 20.8. The summed E-state index contributed by atoms with van der Waals surface area (Å²) in [5, 5.41) is 2.80. The van der Waals surface area contributed by atoms with Crippen molar-refractivity contribution in [3.05, 3.63) is 29.1 Å². The number of amides is 1. The van der Waals surface area contributed by atoms with Crippen molar-refractivity contribution in [2.45, 2.75) is 78.1 Å². The Labute approximate surface area is 181 Å². The SMILES string of the molecule is CC(C)(C)OC(=O)NCCOc1cc(F)c2c(c1)CC(CO[Si](C)(C)C(C)(C)C)C2. The Hall–Kier alpha value is -1.60. The van der Waals surface area contributed by atoms with Crippen molar-refractivity contribution in [3.8, 4) is 5.75 Å². The Morgan fingerprint density at radius 3 is 2.43 bits per heavy atom. The van der Waals surface area contributed by atoms with Gasteiger partial charge in [-0.3, -0.25) is 0 Å². The summed E-state index contributed by atoms with van der Waals surface area (Å²) < 4.78 is 31.8. The van der Waals surface area contributed by atoms with E-state index < -0.39 is 20.0 Å². The molecular formula is C23H38FNO4Si. The lowest BCUT2D eigenvalue weighted by Gasteiger charge is -2.37. The first-order chi connectivity index (χ1) is 13.7. The molecule has 1 N–H and O–H groups in total. The number of nitrogens with one attached hydrogen (secondary N) is 1. The number of rotatable bonds is 7. The van der Waals surface area contributed by atoms with Crippen molar-refractivity contribution in [1.82, 2.24) is 5.32 Å². The normalized spacial score (nSPS) is 16.9. The van der Waals surface area contributed by atoms with Gasteiger partial charge in [-0.2, -0.15) is 0 Å². The highest BCUT2D eigenvalue weighted by Gasteiger charge is 2.38. The number of carbonyl (C=O) groups excluding carboxylic acids is 1. The molecule has 170 valence electrons. The van der Waals surface area contributed by atoms with Gasteiger partial charge < -0.3 is 19.2 Å². The summed E-state index contributed by atoms with van der Waals surface area (Å²) >= 11 is 0. The number of ether oxygens (including phenoxy) is 2. The van der Waals surface area contributed by atoms with Crippen molar-refractivity contribution in [2.75, 3.05) is 19.8 Å². The fourth-order valence-corrected chi connectivity index (χ4v) is 4.21. The van der Waals surface area contributed by atoms with Crippen LogP contribution in [0.15, 0.2) is 12.1 Å². The zero-order chi connectivity index (χ0) is 22.7. The quantitative estimate of drug-likeness (QED) is 0.452. The van der Waals surface area contributed by atoms with E-state index in [0.717, 1.165) is 17.5 Å². The van der Waals surface area contributed by atoms with Crippen LogP contribution in [0.3, 0.4) is 0 Å². The second kappa shape index (κ2) is 9.26. The van der Waals surface area contributed by atoms with Crippen LogP contribution in [0, 0.1) is 11.7 Å². The molecule has 1 atom stereocenters. The van der Waals surface area contributed by atoms with Gasteiger partial charge in [0.25, 0.3) is 0 Å². The van der Waals surface area contributed by atoms with Crippen LogP contribution >= 0.6 is 0 Å². The van der Waals surface area contributed by atoms with E-state index in [-0.39, 0.29) is 24.0 Å². The lowest BCUT2D eigenvalue weighted by atomic mass is 10.1. The van der Waals surface area contributed by atoms with E-state index in [4.69, 9.17) is 13.9 Å². The van der Waals surface area contributed by atoms with Gasteiger partial charge in [-0.25, -0.2) is 9.18 Å². The number of benzene rings is 1. The van der Waals surface area contributed by atoms with Gasteiger partial charge in [-0.05, 0) is 74.9 Å². The van der Waals surface area contributed by atoms with Crippen LogP contribution in [0.1, 0.15) is 52.7 Å². The van der Waals surface area contributed by atoms with E-state index in [0.29, 0.717) is 24.7 Å². The molecule has 2 rings (SSSR count). The Morgan fingerprint density at radius 2 is 1.83 bits per heavy atom.